The average molecular weight is 285 g/mol. The van der Waals surface area contributed by atoms with Gasteiger partial charge in [-0.15, -0.1) is 0 Å². The highest BCUT2D eigenvalue weighted by Crippen LogP contribution is 2.24. The molecule has 0 saturated carbocycles. The zero-order chi connectivity index (χ0) is 15.5. The largest absolute Gasteiger partial charge is 0.310 e. The molecule has 0 radical (unpaired) electrons. The molecule has 1 aromatic heterocycles. The van der Waals surface area contributed by atoms with Gasteiger partial charge in [-0.3, -0.25) is 4.68 Å². The summed E-state index contributed by atoms with van der Waals surface area (Å²) in [5, 5.41) is 8.24. The Hall–Kier alpha value is -1.61. The van der Waals surface area contributed by atoms with Gasteiger partial charge in [0.1, 0.15) is 0 Å². The Morgan fingerprint density at radius 1 is 1.19 bits per heavy atom. The third-order valence-corrected chi connectivity index (χ3v) is 3.64. The topological polar surface area (TPSA) is 29.9 Å². The predicted octanol–water partition coefficient (Wildman–Crippen LogP) is 3.44. The molecule has 0 bridgehead atoms. The molecule has 3 heteroatoms. The van der Waals surface area contributed by atoms with Crippen LogP contribution >= 0.6 is 0 Å². The quantitative estimate of drug-likeness (QED) is 0.912. The van der Waals surface area contributed by atoms with E-state index in [2.05, 4.69) is 74.6 Å². The maximum absolute atomic E-state index is 4.62. The summed E-state index contributed by atoms with van der Waals surface area (Å²) in [6, 6.07) is 11.1. The molecule has 1 atom stereocenters. The first-order valence-corrected chi connectivity index (χ1v) is 7.66. The van der Waals surface area contributed by atoms with Crippen molar-refractivity contribution in [2.45, 2.75) is 52.1 Å². The Morgan fingerprint density at radius 3 is 2.48 bits per heavy atom. The fourth-order valence-electron chi connectivity index (χ4n) is 2.62. The van der Waals surface area contributed by atoms with Crippen LogP contribution in [0.1, 0.15) is 44.5 Å². The second-order valence-corrected chi connectivity index (χ2v) is 6.90. The van der Waals surface area contributed by atoms with E-state index in [0.717, 1.165) is 13.0 Å². The van der Waals surface area contributed by atoms with Crippen LogP contribution in [0.2, 0.25) is 0 Å². The first-order chi connectivity index (χ1) is 9.86. The highest BCUT2D eigenvalue weighted by molar-refractivity contribution is 5.24. The lowest BCUT2D eigenvalue weighted by atomic mass is 9.89. The molecule has 3 nitrogen and oxygen atoms in total. The molecule has 1 aromatic carbocycles. The monoisotopic (exact) mass is 285 g/mol. The maximum Gasteiger partial charge on any atom is 0.0722 e. The molecule has 0 aliphatic heterocycles. The van der Waals surface area contributed by atoms with Gasteiger partial charge in [-0.1, -0.05) is 51.1 Å². The second kappa shape index (κ2) is 6.44. The summed E-state index contributed by atoms with van der Waals surface area (Å²) in [4.78, 5) is 0. The smallest absolute Gasteiger partial charge is 0.0722 e. The summed E-state index contributed by atoms with van der Waals surface area (Å²) < 4.78 is 1.92. The van der Waals surface area contributed by atoms with E-state index < -0.39 is 0 Å². The number of hydrogen-bond acceptors (Lipinski definition) is 2. The highest BCUT2D eigenvalue weighted by atomic mass is 15.3. The van der Waals surface area contributed by atoms with E-state index >= 15 is 0 Å². The number of nitrogens with one attached hydrogen (secondary N) is 1. The van der Waals surface area contributed by atoms with E-state index in [1.165, 1.54) is 16.8 Å². The van der Waals surface area contributed by atoms with Crippen LogP contribution in [0.3, 0.4) is 0 Å². The van der Waals surface area contributed by atoms with Gasteiger partial charge in [0.15, 0.2) is 0 Å². The molecule has 1 heterocycles. The molecule has 114 valence electrons. The van der Waals surface area contributed by atoms with Crippen LogP contribution in [-0.2, 0) is 25.4 Å². The SMILES string of the molecule is CC(Cc1ccccc1)NCc1cn(C)nc1C(C)(C)C. The minimum atomic E-state index is 0.0843. The van der Waals surface area contributed by atoms with Crippen molar-refractivity contribution in [3.63, 3.8) is 0 Å². The summed E-state index contributed by atoms with van der Waals surface area (Å²) in [5.74, 6) is 0. The van der Waals surface area contributed by atoms with Crippen LogP contribution in [0.5, 0.6) is 0 Å². The minimum absolute atomic E-state index is 0.0843. The first kappa shape index (κ1) is 15.8. The average Bonchev–Trinajstić information content (AvgIpc) is 2.79. The Balaban J connectivity index is 1.97. The van der Waals surface area contributed by atoms with Crippen molar-refractivity contribution in [2.75, 3.05) is 0 Å². The molecule has 0 aliphatic rings. The molecule has 1 N–H and O–H groups in total. The van der Waals surface area contributed by atoms with Crippen LogP contribution in [-0.4, -0.2) is 15.8 Å². The van der Waals surface area contributed by atoms with Crippen molar-refractivity contribution >= 4 is 0 Å². The first-order valence-electron chi connectivity index (χ1n) is 7.66. The molecule has 0 saturated heterocycles. The predicted molar refractivity (Wildman–Crippen MR) is 88.4 cm³/mol. The molecule has 2 rings (SSSR count). The summed E-state index contributed by atoms with van der Waals surface area (Å²) in [6.07, 6.45) is 3.18. The third-order valence-electron chi connectivity index (χ3n) is 3.64. The fraction of sp³-hybridized carbons (Fsp3) is 0.500. The lowest BCUT2D eigenvalue weighted by molar-refractivity contribution is 0.521. The summed E-state index contributed by atoms with van der Waals surface area (Å²) >= 11 is 0. The molecule has 2 aromatic rings. The molecular formula is C18H27N3. The fourth-order valence-corrected chi connectivity index (χ4v) is 2.62. The summed E-state index contributed by atoms with van der Waals surface area (Å²) in [6.45, 7) is 9.75. The van der Waals surface area contributed by atoms with E-state index in [4.69, 9.17) is 0 Å². The van der Waals surface area contributed by atoms with E-state index in [1.54, 1.807) is 0 Å². The third kappa shape index (κ3) is 4.43. The zero-order valence-electron chi connectivity index (χ0n) is 13.9. The maximum atomic E-state index is 4.62. The standard InChI is InChI=1S/C18H27N3/c1-14(11-15-9-7-6-8-10-15)19-12-16-13-21(5)20-17(16)18(2,3)4/h6-10,13-14,19H,11-12H2,1-5H3. The molecular weight excluding hydrogens is 258 g/mol. The van der Waals surface area contributed by atoms with Gasteiger partial charge in [0, 0.05) is 36.8 Å². The van der Waals surface area contributed by atoms with Gasteiger partial charge in [0.05, 0.1) is 5.69 Å². The van der Waals surface area contributed by atoms with Gasteiger partial charge < -0.3 is 5.32 Å². The van der Waals surface area contributed by atoms with Crippen LogP contribution < -0.4 is 5.32 Å². The second-order valence-electron chi connectivity index (χ2n) is 6.90. The van der Waals surface area contributed by atoms with Crippen molar-refractivity contribution in [2.24, 2.45) is 7.05 Å². The van der Waals surface area contributed by atoms with Gasteiger partial charge >= 0.3 is 0 Å². The van der Waals surface area contributed by atoms with Gasteiger partial charge in [-0.2, -0.15) is 5.10 Å². The number of nitrogens with zero attached hydrogens (tertiary/aromatic N) is 2. The lowest BCUT2D eigenvalue weighted by Crippen LogP contribution is -2.28. The van der Waals surface area contributed by atoms with Crippen molar-refractivity contribution < 1.29 is 0 Å². The molecule has 0 fully saturated rings. The zero-order valence-corrected chi connectivity index (χ0v) is 13.9. The Kier molecular flexibility index (Phi) is 4.84. The normalized spacial score (nSPS) is 13.4. The minimum Gasteiger partial charge on any atom is -0.310 e. The van der Waals surface area contributed by atoms with Crippen LogP contribution in [0.15, 0.2) is 36.5 Å². The number of aryl methyl sites for hydroxylation is 1. The van der Waals surface area contributed by atoms with E-state index in [0.29, 0.717) is 6.04 Å². The van der Waals surface area contributed by atoms with Gasteiger partial charge in [-0.25, -0.2) is 0 Å². The van der Waals surface area contributed by atoms with Crippen molar-refractivity contribution in [1.29, 1.82) is 0 Å². The summed E-state index contributed by atoms with van der Waals surface area (Å²) in [7, 11) is 1.99. The van der Waals surface area contributed by atoms with Crippen LogP contribution in [0.25, 0.3) is 0 Å². The van der Waals surface area contributed by atoms with Gasteiger partial charge in [0.2, 0.25) is 0 Å². The number of hydrogen-bond donors (Lipinski definition) is 1. The van der Waals surface area contributed by atoms with Crippen LogP contribution in [0, 0.1) is 0 Å². The van der Waals surface area contributed by atoms with Gasteiger partial charge in [0.25, 0.3) is 0 Å². The van der Waals surface area contributed by atoms with Gasteiger partial charge in [-0.05, 0) is 18.9 Å². The van der Waals surface area contributed by atoms with E-state index in [-0.39, 0.29) is 5.41 Å². The highest BCUT2D eigenvalue weighted by Gasteiger charge is 2.21. The van der Waals surface area contributed by atoms with E-state index in [1.807, 2.05) is 11.7 Å². The number of rotatable bonds is 5. The van der Waals surface area contributed by atoms with E-state index in [9.17, 15) is 0 Å². The summed E-state index contributed by atoms with van der Waals surface area (Å²) in [5.41, 5.74) is 3.94. The number of benzene rings is 1. The molecule has 0 spiro atoms. The van der Waals surface area contributed by atoms with Crippen molar-refractivity contribution in [3.05, 3.63) is 53.3 Å². The number of aromatic nitrogens is 2. The Labute approximate surface area is 128 Å². The molecule has 0 amide bonds. The molecule has 21 heavy (non-hydrogen) atoms. The molecule has 0 aliphatic carbocycles. The Bertz CT molecular complexity index is 564. The van der Waals surface area contributed by atoms with Crippen molar-refractivity contribution in [1.82, 2.24) is 15.1 Å². The lowest BCUT2D eigenvalue weighted by Gasteiger charge is -2.19. The molecule has 1 unspecified atom stereocenters. The Morgan fingerprint density at radius 2 is 1.86 bits per heavy atom. The van der Waals surface area contributed by atoms with Crippen molar-refractivity contribution in [3.8, 4) is 0 Å². The van der Waals surface area contributed by atoms with Crippen LogP contribution in [0.4, 0.5) is 0 Å².